The normalized spacial score (nSPS) is 26.0. The van der Waals surface area contributed by atoms with E-state index in [1.807, 2.05) is 7.05 Å². The Labute approximate surface area is 145 Å². The SMILES string of the molecule is CNC1CCC(CCCC(O)C(C)(C(=O)C(F)(F)F)S(=O)(=O)O)CC1. The van der Waals surface area contributed by atoms with E-state index in [4.69, 9.17) is 4.55 Å². The third kappa shape index (κ3) is 5.38. The number of hydrogen-bond donors (Lipinski definition) is 3. The van der Waals surface area contributed by atoms with Crippen LogP contribution in [0.15, 0.2) is 0 Å². The Bertz CT molecular complexity index is 558. The number of aliphatic hydroxyl groups is 1. The molecule has 1 fully saturated rings. The summed E-state index contributed by atoms with van der Waals surface area (Å²) in [6.07, 6.45) is -3.18. The van der Waals surface area contributed by atoms with Crippen molar-refractivity contribution in [1.29, 1.82) is 0 Å². The standard InChI is InChI=1S/C15H26F3NO5S/c1-14(25(22,23)24,13(21)15(16,17)18)12(20)5-3-4-10-6-8-11(19-2)9-7-10/h10-12,19-20H,3-9H2,1-2H3,(H,22,23,24). The summed E-state index contributed by atoms with van der Waals surface area (Å²) in [5.74, 6) is -2.31. The predicted octanol–water partition coefficient (Wildman–Crippen LogP) is 2.07. The summed E-state index contributed by atoms with van der Waals surface area (Å²) in [5, 5.41) is 13.2. The molecule has 1 rings (SSSR count). The zero-order valence-corrected chi connectivity index (χ0v) is 15.2. The molecule has 148 valence electrons. The lowest BCUT2D eigenvalue weighted by atomic mass is 9.82. The molecule has 2 unspecified atom stereocenters. The number of alkyl halides is 3. The van der Waals surface area contributed by atoms with Crippen molar-refractivity contribution >= 4 is 15.9 Å². The van der Waals surface area contributed by atoms with E-state index in [0.717, 1.165) is 25.7 Å². The maximum atomic E-state index is 12.7. The van der Waals surface area contributed by atoms with Gasteiger partial charge in [-0.2, -0.15) is 21.6 Å². The first-order chi connectivity index (χ1) is 11.3. The Morgan fingerprint density at radius 3 is 2.16 bits per heavy atom. The van der Waals surface area contributed by atoms with Crippen molar-refractivity contribution in [3.8, 4) is 0 Å². The molecule has 0 aromatic rings. The fraction of sp³-hybridized carbons (Fsp3) is 0.933. The zero-order valence-electron chi connectivity index (χ0n) is 14.3. The first kappa shape index (κ1) is 22.3. The lowest BCUT2D eigenvalue weighted by molar-refractivity contribution is -0.176. The van der Waals surface area contributed by atoms with Crippen LogP contribution in [0.3, 0.4) is 0 Å². The van der Waals surface area contributed by atoms with Gasteiger partial charge in [0.25, 0.3) is 15.9 Å². The van der Waals surface area contributed by atoms with Crippen molar-refractivity contribution in [1.82, 2.24) is 5.32 Å². The van der Waals surface area contributed by atoms with E-state index in [-0.39, 0.29) is 12.8 Å². The second kappa shape index (κ2) is 8.32. The highest BCUT2D eigenvalue weighted by Crippen LogP contribution is 2.34. The molecule has 3 N–H and O–H groups in total. The van der Waals surface area contributed by atoms with Crippen molar-refractivity contribution in [2.45, 2.75) is 74.9 Å². The smallest absolute Gasteiger partial charge is 0.391 e. The highest BCUT2D eigenvalue weighted by molar-refractivity contribution is 7.88. The van der Waals surface area contributed by atoms with Crippen LogP contribution in [0.2, 0.25) is 0 Å². The molecule has 1 aliphatic carbocycles. The summed E-state index contributed by atoms with van der Waals surface area (Å²) in [4.78, 5) is 11.5. The van der Waals surface area contributed by atoms with Gasteiger partial charge in [0.05, 0.1) is 6.10 Å². The average Bonchev–Trinajstić information content (AvgIpc) is 2.51. The number of aliphatic hydroxyl groups excluding tert-OH is 1. The molecule has 0 saturated heterocycles. The minimum atomic E-state index is -5.48. The summed E-state index contributed by atoms with van der Waals surface area (Å²) >= 11 is 0. The molecule has 0 radical (unpaired) electrons. The molecule has 0 heterocycles. The van der Waals surface area contributed by atoms with Gasteiger partial charge in [0.2, 0.25) is 0 Å². The van der Waals surface area contributed by atoms with Crippen molar-refractivity contribution in [2.75, 3.05) is 7.05 Å². The largest absolute Gasteiger partial charge is 0.451 e. The second-order valence-electron chi connectivity index (χ2n) is 6.86. The highest BCUT2D eigenvalue weighted by atomic mass is 32.2. The Morgan fingerprint density at radius 2 is 1.76 bits per heavy atom. The Balaban J connectivity index is 2.69. The lowest BCUT2D eigenvalue weighted by Gasteiger charge is -2.31. The van der Waals surface area contributed by atoms with Crippen molar-refractivity contribution in [3.63, 3.8) is 0 Å². The van der Waals surface area contributed by atoms with Crippen LogP contribution < -0.4 is 5.32 Å². The quantitative estimate of drug-likeness (QED) is 0.549. The van der Waals surface area contributed by atoms with E-state index >= 15 is 0 Å². The van der Waals surface area contributed by atoms with Gasteiger partial charge in [-0.15, -0.1) is 0 Å². The highest BCUT2D eigenvalue weighted by Gasteiger charge is 2.60. The van der Waals surface area contributed by atoms with E-state index in [1.165, 1.54) is 0 Å². The van der Waals surface area contributed by atoms with Crippen LogP contribution in [0.1, 0.15) is 51.9 Å². The monoisotopic (exact) mass is 389 g/mol. The summed E-state index contributed by atoms with van der Waals surface area (Å²) in [6.45, 7) is 0.418. The molecule has 25 heavy (non-hydrogen) atoms. The minimum Gasteiger partial charge on any atom is -0.391 e. The topological polar surface area (TPSA) is 104 Å². The van der Waals surface area contributed by atoms with Gasteiger partial charge in [-0.3, -0.25) is 9.35 Å². The molecule has 0 aliphatic heterocycles. The van der Waals surface area contributed by atoms with Crippen LogP contribution in [-0.4, -0.2) is 54.0 Å². The van der Waals surface area contributed by atoms with E-state index in [2.05, 4.69) is 5.32 Å². The van der Waals surface area contributed by atoms with Gasteiger partial charge in [-0.1, -0.05) is 12.8 Å². The number of carbonyl (C=O) groups is 1. The molecule has 0 bridgehead atoms. The zero-order chi connectivity index (χ0) is 19.5. The molecule has 0 aromatic heterocycles. The summed E-state index contributed by atoms with van der Waals surface area (Å²) in [5.41, 5.74) is 0. The number of rotatable bonds is 8. The van der Waals surface area contributed by atoms with E-state index in [1.54, 1.807) is 0 Å². The molecule has 0 spiro atoms. The van der Waals surface area contributed by atoms with Crippen molar-refractivity contribution < 1.29 is 36.0 Å². The first-order valence-corrected chi connectivity index (χ1v) is 9.72. The van der Waals surface area contributed by atoms with Crippen LogP contribution in [0.4, 0.5) is 13.2 Å². The maximum Gasteiger partial charge on any atom is 0.451 e. The van der Waals surface area contributed by atoms with E-state index < -0.39 is 32.9 Å². The molecule has 0 aromatic carbocycles. The second-order valence-corrected chi connectivity index (χ2v) is 8.66. The van der Waals surface area contributed by atoms with Gasteiger partial charge in [0.15, 0.2) is 4.75 Å². The number of carbonyl (C=O) groups excluding carboxylic acids is 1. The van der Waals surface area contributed by atoms with E-state index in [9.17, 15) is 31.5 Å². The Morgan fingerprint density at radius 1 is 1.24 bits per heavy atom. The summed E-state index contributed by atoms with van der Waals surface area (Å²) < 4.78 is 66.6. The van der Waals surface area contributed by atoms with Gasteiger partial charge in [0.1, 0.15) is 0 Å². The van der Waals surface area contributed by atoms with Crippen LogP contribution in [0.25, 0.3) is 0 Å². The fourth-order valence-corrected chi connectivity index (χ4v) is 4.15. The van der Waals surface area contributed by atoms with Gasteiger partial charge in [0, 0.05) is 6.04 Å². The van der Waals surface area contributed by atoms with Crippen LogP contribution in [0.5, 0.6) is 0 Å². The van der Waals surface area contributed by atoms with Crippen LogP contribution in [-0.2, 0) is 14.9 Å². The summed E-state index contributed by atoms with van der Waals surface area (Å²) in [7, 11) is -3.56. The van der Waals surface area contributed by atoms with E-state index in [0.29, 0.717) is 25.3 Å². The number of Topliss-reactive ketones (excluding diaryl/α,β-unsaturated/α-hetero) is 1. The number of hydrogen-bond acceptors (Lipinski definition) is 5. The minimum absolute atomic E-state index is 0.270. The van der Waals surface area contributed by atoms with Crippen molar-refractivity contribution in [2.24, 2.45) is 5.92 Å². The fourth-order valence-electron chi connectivity index (χ4n) is 3.34. The average molecular weight is 389 g/mol. The van der Waals surface area contributed by atoms with Gasteiger partial charge < -0.3 is 10.4 Å². The van der Waals surface area contributed by atoms with Gasteiger partial charge in [-0.05, 0) is 52.0 Å². The van der Waals surface area contributed by atoms with Crippen LogP contribution in [0, 0.1) is 5.92 Å². The molecular formula is C15H26F3NO5S. The molecule has 10 heteroatoms. The molecule has 0 amide bonds. The molecule has 2 atom stereocenters. The molecule has 1 saturated carbocycles. The first-order valence-electron chi connectivity index (χ1n) is 8.28. The Hall–Kier alpha value is -0.710. The predicted molar refractivity (Wildman–Crippen MR) is 85.7 cm³/mol. The third-order valence-electron chi connectivity index (χ3n) is 5.22. The molecule has 1 aliphatic rings. The number of halogens is 3. The lowest BCUT2D eigenvalue weighted by Crippen LogP contribution is -2.57. The van der Waals surface area contributed by atoms with Crippen LogP contribution >= 0.6 is 0 Å². The number of nitrogens with one attached hydrogen (secondary N) is 1. The van der Waals surface area contributed by atoms with Crippen molar-refractivity contribution in [3.05, 3.63) is 0 Å². The molecule has 6 nitrogen and oxygen atoms in total. The Kier molecular flexibility index (Phi) is 7.43. The molecular weight excluding hydrogens is 363 g/mol. The summed E-state index contributed by atoms with van der Waals surface area (Å²) in [6, 6.07) is 0.453. The van der Waals surface area contributed by atoms with Gasteiger partial charge in [-0.25, -0.2) is 0 Å². The van der Waals surface area contributed by atoms with Gasteiger partial charge >= 0.3 is 6.18 Å². The number of ketones is 1. The third-order valence-corrected chi connectivity index (χ3v) is 6.75. The maximum absolute atomic E-state index is 12.7.